The molecule has 1 aromatic heterocycles. The van der Waals surface area contributed by atoms with E-state index in [0.29, 0.717) is 11.5 Å². The molecule has 3 rings (SSSR count). The van der Waals surface area contributed by atoms with Crippen molar-refractivity contribution in [3.05, 3.63) is 93.9 Å². The molecule has 32 heavy (non-hydrogen) atoms. The number of esters is 1. The third kappa shape index (κ3) is 6.16. The summed E-state index contributed by atoms with van der Waals surface area (Å²) in [6, 6.07) is 16.9. The quantitative estimate of drug-likeness (QED) is 0.309. The molecule has 2 aromatic carbocycles. The summed E-state index contributed by atoms with van der Waals surface area (Å²) in [6.45, 7) is -0.591. The molecule has 2 amide bonds. The summed E-state index contributed by atoms with van der Waals surface area (Å²) < 4.78 is 15.7. The van der Waals surface area contributed by atoms with Gasteiger partial charge in [0.25, 0.3) is 17.5 Å². The van der Waals surface area contributed by atoms with Crippen molar-refractivity contribution in [2.24, 2.45) is 0 Å². The van der Waals surface area contributed by atoms with Crippen molar-refractivity contribution in [3.8, 4) is 5.75 Å². The van der Waals surface area contributed by atoms with Gasteiger partial charge in [0.2, 0.25) is 5.76 Å². The van der Waals surface area contributed by atoms with E-state index in [2.05, 4.69) is 5.43 Å². The van der Waals surface area contributed by atoms with Gasteiger partial charge in [0.15, 0.2) is 6.61 Å². The Bertz CT molecular complexity index is 1130. The van der Waals surface area contributed by atoms with Crippen molar-refractivity contribution in [1.82, 2.24) is 10.9 Å². The van der Waals surface area contributed by atoms with E-state index in [9.17, 15) is 24.5 Å². The summed E-state index contributed by atoms with van der Waals surface area (Å²) in [5, 5.41) is 10.8. The van der Waals surface area contributed by atoms with Gasteiger partial charge in [-0.05, 0) is 30.3 Å². The minimum atomic E-state index is -0.879. The number of nitro benzene ring substituents is 1. The van der Waals surface area contributed by atoms with Crippen LogP contribution in [0.15, 0.2) is 71.1 Å². The number of rotatable bonds is 8. The van der Waals surface area contributed by atoms with E-state index in [1.807, 2.05) is 23.6 Å². The maximum absolute atomic E-state index is 12.0. The molecule has 11 heteroatoms. The first-order chi connectivity index (χ1) is 15.4. The first kappa shape index (κ1) is 22.0. The molecule has 0 radical (unpaired) electrons. The molecule has 0 fully saturated rings. The Labute approximate surface area is 181 Å². The van der Waals surface area contributed by atoms with Gasteiger partial charge in [-0.1, -0.05) is 24.3 Å². The SMILES string of the molecule is O=C(COC(=O)c1ccc(COc2ccccc2)o1)NNC(=O)c1cccc([N+](=O)[O-])c1. The zero-order valence-electron chi connectivity index (χ0n) is 16.5. The summed E-state index contributed by atoms with van der Waals surface area (Å²) in [4.78, 5) is 45.9. The third-order valence-electron chi connectivity index (χ3n) is 3.96. The normalized spacial score (nSPS) is 10.1. The lowest BCUT2D eigenvalue weighted by molar-refractivity contribution is -0.384. The van der Waals surface area contributed by atoms with Gasteiger partial charge in [-0.25, -0.2) is 4.79 Å². The number of furan rings is 1. The van der Waals surface area contributed by atoms with Crippen molar-refractivity contribution >= 4 is 23.5 Å². The summed E-state index contributed by atoms with van der Waals surface area (Å²) in [5.41, 5.74) is 3.81. The number of nitrogens with zero attached hydrogens (tertiary/aromatic N) is 1. The largest absolute Gasteiger partial charge is 0.486 e. The van der Waals surface area contributed by atoms with Crippen molar-refractivity contribution in [3.63, 3.8) is 0 Å². The Morgan fingerprint density at radius 3 is 2.50 bits per heavy atom. The highest BCUT2D eigenvalue weighted by Crippen LogP contribution is 2.15. The average molecular weight is 439 g/mol. The van der Waals surface area contributed by atoms with Gasteiger partial charge in [0.1, 0.15) is 18.1 Å². The van der Waals surface area contributed by atoms with Crippen LogP contribution in [0.3, 0.4) is 0 Å². The van der Waals surface area contributed by atoms with E-state index in [4.69, 9.17) is 13.9 Å². The molecule has 0 spiro atoms. The summed E-state index contributed by atoms with van der Waals surface area (Å²) >= 11 is 0. The molecular weight excluding hydrogens is 422 g/mol. The number of para-hydroxylation sites is 1. The fourth-order valence-electron chi connectivity index (χ4n) is 2.43. The van der Waals surface area contributed by atoms with E-state index >= 15 is 0 Å². The van der Waals surface area contributed by atoms with Crippen molar-refractivity contribution in [2.45, 2.75) is 6.61 Å². The number of hydrogen-bond donors (Lipinski definition) is 2. The number of nitro groups is 1. The van der Waals surface area contributed by atoms with Crippen LogP contribution in [0, 0.1) is 10.1 Å². The number of non-ortho nitro benzene ring substituents is 1. The second-order valence-corrected chi connectivity index (χ2v) is 6.25. The lowest BCUT2D eigenvalue weighted by atomic mass is 10.2. The fourth-order valence-corrected chi connectivity index (χ4v) is 2.43. The standard InChI is InChI=1S/C21H17N3O8/c25-19(22-23-20(26)14-5-4-6-15(11-14)24(28)29)13-31-21(27)18-10-9-17(32-18)12-30-16-7-2-1-3-8-16/h1-11H,12-13H2,(H,22,25)(H,23,26). The second kappa shape index (κ2) is 10.4. The topological polar surface area (TPSA) is 150 Å². The Balaban J connectivity index is 1.42. The lowest BCUT2D eigenvalue weighted by Crippen LogP contribution is -2.43. The zero-order valence-corrected chi connectivity index (χ0v) is 16.5. The maximum atomic E-state index is 12.0. The smallest absolute Gasteiger partial charge is 0.374 e. The van der Waals surface area contributed by atoms with Gasteiger partial charge in [0, 0.05) is 17.7 Å². The molecule has 0 saturated carbocycles. The Morgan fingerprint density at radius 1 is 0.969 bits per heavy atom. The predicted octanol–water partition coefficient (Wildman–Crippen LogP) is 2.38. The van der Waals surface area contributed by atoms with Crippen LogP contribution in [0.25, 0.3) is 0 Å². The molecule has 0 atom stereocenters. The van der Waals surface area contributed by atoms with Gasteiger partial charge < -0.3 is 13.9 Å². The van der Waals surface area contributed by atoms with Crippen molar-refractivity contribution < 1.29 is 33.2 Å². The number of ether oxygens (including phenoxy) is 2. The third-order valence-corrected chi connectivity index (χ3v) is 3.96. The fraction of sp³-hybridized carbons (Fsp3) is 0.0952. The Hall–Kier alpha value is -4.67. The molecular formula is C21H17N3O8. The molecule has 1 heterocycles. The number of carbonyl (C=O) groups is 3. The molecule has 0 saturated heterocycles. The van der Waals surface area contributed by atoms with E-state index in [1.54, 1.807) is 18.2 Å². The van der Waals surface area contributed by atoms with E-state index in [0.717, 1.165) is 6.07 Å². The number of hydrazine groups is 1. The number of nitrogens with one attached hydrogen (secondary N) is 2. The molecule has 2 N–H and O–H groups in total. The first-order valence-corrected chi connectivity index (χ1v) is 9.19. The van der Waals surface area contributed by atoms with Crippen molar-refractivity contribution in [1.29, 1.82) is 0 Å². The van der Waals surface area contributed by atoms with Crippen LogP contribution < -0.4 is 15.6 Å². The molecule has 0 aliphatic rings. The zero-order chi connectivity index (χ0) is 22.9. The van der Waals surface area contributed by atoms with E-state index < -0.39 is 29.3 Å². The van der Waals surface area contributed by atoms with Crippen LogP contribution in [0.4, 0.5) is 5.69 Å². The Kier molecular flexibility index (Phi) is 7.15. The van der Waals surface area contributed by atoms with E-state index in [-0.39, 0.29) is 23.6 Å². The van der Waals surface area contributed by atoms with Crippen LogP contribution >= 0.6 is 0 Å². The summed E-state index contributed by atoms with van der Waals surface area (Å²) in [5.74, 6) is -1.58. The van der Waals surface area contributed by atoms with Crippen LogP contribution in [-0.2, 0) is 16.1 Å². The average Bonchev–Trinajstić information content (AvgIpc) is 3.29. The van der Waals surface area contributed by atoms with Crippen LogP contribution in [0.1, 0.15) is 26.7 Å². The second-order valence-electron chi connectivity index (χ2n) is 6.25. The minimum Gasteiger partial charge on any atom is -0.486 e. The van der Waals surface area contributed by atoms with Gasteiger partial charge in [0.05, 0.1) is 4.92 Å². The highest BCUT2D eigenvalue weighted by atomic mass is 16.6. The molecule has 164 valence electrons. The monoisotopic (exact) mass is 439 g/mol. The molecule has 0 unspecified atom stereocenters. The molecule has 3 aromatic rings. The van der Waals surface area contributed by atoms with E-state index in [1.165, 1.54) is 24.3 Å². The maximum Gasteiger partial charge on any atom is 0.374 e. The molecule has 0 aliphatic carbocycles. The van der Waals surface area contributed by atoms with Crippen molar-refractivity contribution in [2.75, 3.05) is 6.61 Å². The Morgan fingerprint density at radius 2 is 1.75 bits per heavy atom. The number of benzene rings is 2. The molecule has 0 aliphatic heterocycles. The summed E-state index contributed by atoms with van der Waals surface area (Å²) in [7, 11) is 0. The lowest BCUT2D eigenvalue weighted by Gasteiger charge is -2.07. The van der Waals surface area contributed by atoms with Crippen LogP contribution in [-0.4, -0.2) is 29.3 Å². The highest BCUT2D eigenvalue weighted by molar-refractivity contribution is 5.96. The van der Waals surface area contributed by atoms with Crippen LogP contribution in [0.2, 0.25) is 0 Å². The summed E-state index contributed by atoms with van der Waals surface area (Å²) in [6.07, 6.45) is 0. The van der Waals surface area contributed by atoms with Crippen LogP contribution in [0.5, 0.6) is 5.75 Å². The minimum absolute atomic E-state index is 0.0302. The van der Waals surface area contributed by atoms with Gasteiger partial charge in [-0.2, -0.15) is 0 Å². The van der Waals surface area contributed by atoms with Gasteiger partial charge in [-0.3, -0.25) is 30.6 Å². The van der Waals surface area contributed by atoms with Gasteiger partial charge in [-0.15, -0.1) is 0 Å². The predicted molar refractivity (Wildman–Crippen MR) is 108 cm³/mol. The number of carbonyl (C=O) groups excluding carboxylic acids is 3. The first-order valence-electron chi connectivity index (χ1n) is 9.19. The number of hydrogen-bond acceptors (Lipinski definition) is 8. The van der Waals surface area contributed by atoms with Gasteiger partial charge >= 0.3 is 5.97 Å². The highest BCUT2D eigenvalue weighted by Gasteiger charge is 2.16. The molecule has 11 nitrogen and oxygen atoms in total. The number of amides is 2. The molecule has 0 bridgehead atoms.